The average molecular weight is 321 g/mol. The summed E-state index contributed by atoms with van der Waals surface area (Å²) in [6.07, 6.45) is -1.09. The van der Waals surface area contributed by atoms with Crippen molar-refractivity contribution in [3.8, 4) is 5.75 Å². The Morgan fingerprint density at radius 1 is 1.35 bits per heavy atom. The van der Waals surface area contributed by atoms with Gasteiger partial charge in [-0.2, -0.15) is 0 Å². The zero-order valence-corrected chi connectivity index (χ0v) is 13.4. The number of nitrogen functional groups attached to an aromatic ring is 1. The molecule has 2 unspecified atom stereocenters. The van der Waals surface area contributed by atoms with Crippen molar-refractivity contribution in [3.63, 3.8) is 0 Å². The molecular formula is C16H23N3O4. The highest BCUT2D eigenvalue weighted by molar-refractivity contribution is 5.80. The van der Waals surface area contributed by atoms with Gasteiger partial charge < -0.3 is 30.1 Å². The van der Waals surface area contributed by atoms with Gasteiger partial charge in [-0.3, -0.25) is 4.79 Å². The van der Waals surface area contributed by atoms with E-state index >= 15 is 0 Å². The van der Waals surface area contributed by atoms with Crippen LogP contribution in [0.1, 0.15) is 6.92 Å². The molecule has 7 heteroatoms. The van der Waals surface area contributed by atoms with Crippen LogP contribution in [0, 0.1) is 0 Å². The number of methoxy groups -OCH3 is 1. The summed E-state index contributed by atoms with van der Waals surface area (Å²) in [4.78, 5) is 15.9. The highest BCUT2D eigenvalue weighted by atomic mass is 16.5. The third-order valence-electron chi connectivity index (χ3n) is 4.33. The predicted molar refractivity (Wildman–Crippen MR) is 86.5 cm³/mol. The lowest BCUT2D eigenvalue weighted by Gasteiger charge is -2.46. The summed E-state index contributed by atoms with van der Waals surface area (Å²) in [5.41, 5.74) is 7.51. The van der Waals surface area contributed by atoms with Crippen molar-refractivity contribution in [2.75, 3.05) is 43.9 Å². The van der Waals surface area contributed by atoms with Crippen molar-refractivity contribution < 1.29 is 19.4 Å². The van der Waals surface area contributed by atoms with Crippen LogP contribution < -0.4 is 15.4 Å². The van der Waals surface area contributed by atoms with Crippen LogP contribution in [0.3, 0.4) is 0 Å². The van der Waals surface area contributed by atoms with Crippen LogP contribution in [0.15, 0.2) is 18.2 Å². The summed E-state index contributed by atoms with van der Waals surface area (Å²) in [6.45, 7) is 3.88. The number of aliphatic hydroxyl groups is 1. The van der Waals surface area contributed by atoms with Crippen LogP contribution in [0.25, 0.3) is 0 Å². The van der Waals surface area contributed by atoms with Gasteiger partial charge >= 0.3 is 0 Å². The van der Waals surface area contributed by atoms with Gasteiger partial charge in [0.05, 0.1) is 25.0 Å². The lowest BCUT2D eigenvalue weighted by Crippen LogP contribution is -2.61. The molecule has 3 atom stereocenters. The van der Waals surface area contributed by atoms with Gasteiger partial charge in [0.15, 0.2) is 0 Å². The molecule has 0 saturated carbocycles. The fourth-order valence-electron chi connectivity index (χ4n) is 3.24. The van der Waals surface area contributed by atoms with Crippen molar-refractivity contribution >= 4 is 17.3 Å². The molecule has 2 aliphatic heterocycles. The molecule has 1 amide bonds. The Labute approximate surface area is 135 Å². The van der Waals surface area contributed by atoms with Crippen LogP contribution in [0.4, 0.5) is 11.4 Å². The SMILES string of the molecule is COc1cc(N2CC3CN(C(=O)[C@@H](C)O)CC(C2)O3)ccc1N. The Morgan fingerprint density at radius 3 is 2.57 bits per heavy atom. The standard InChI is InChI=1S/C16H23N3O4/c1-10(20)16(21)19-8-12-6-18(7-13(9-19)23-12)11-3-4-14(17)15(5-11)22-2/h3-5,10,12-13,20H,6-9,17H2,1-2H3/t10-,12?,13?/m1/s1. The van der Waals surface area contributed by atoms with Gasteiger partial charge in [0.25, 0.3) is 5.91 Å². The topological polar surface area (TPSA) is 88.3 Å². The van der Waals surface area contributed by atoms with Crippen LogP contribution in [0.2, 0.25) is 0 Å². The molecule has 1 aromatic carbocycles. The third-order valence-corrected chi connectivity index (χ3v) is 4.33. The van der Waals surface area contributed by atoms with Crippen molar-refractivity contribution in [2.24, 2.45) is 0 Å². The molecule has 3 N–H and O–H groups in total. The molecule has 126 valence electrons. The number of amides is 1. The van der Waals surface area contributed by atoms with E-state index in [1.54, 1.807) is 12.0 Å². The zero-order valence-electron chi connectivity index (χ0n) is 13.4. The number of benzene rings is 1. The third kappa shape index (κ3) is 3.20. The summed E-state index contributed by atoms with van der Waals surface area (Å²) >= 11 is 0. The van der Waals surface area contributed by atoms with E-state index < -0.39 is 6.10 Å². The molecule has 0 radical (unpaired) electrons. The molecule has 0 aliphatic carbocycles. The molecule has 1 aromatic rings. The van der Waals surface area contributed by atoms with Crippen molar-refractivity contribution in [1.29, 1.82) is 0 Å². The number of anilines is 2. The first-order valence-corrected chi connectivity index (χ1v) is 7.78. The predicted octanol–water partition coefficient (Wildman–Crippen LogP) is 0.0742. The number of nitrogens with zero attached hydrogens (tertiary/aromatic N) is 2. The summed E-state index contributed by atoms with van der Waals surface area (Å²) in [5.74, 6) is 0.427. The molecule has 2 bridgehead atoms. The van der Waals surface area contributed by atoms with Crippen molar-refractivity contribution in [3.05, 3.63) is 18.2 Å². The lowest BCUT2D eigenvalue weighted by atomic mass is 10.1. The molecule has 0 aromatic heterocycles. The number of fused-ring (bicyclic) bond motifs is 2. The normalized spacial score (nSPS) is 25.2. The second-order valence-electron chi connectivity index (χ2n) is 6.13. The Kier molecular flexibility index (Phi) is 4.32. The number of hydrogen-bond donors (Lipinski definition) is 2. The summed E-state index contributed by atoms with van der Waals surface area (Å²) in [5, 5.41) is 9.48. The number of morpholine rings is 2. The molecule has 0 spiro atoms. The van der Waals surface area contributed by atoms with E-state index in [1.807, 2.05) is 18.2 Å². The highest BCUT2D eigenvalue weighted by Gasteiger charge is 2.37. The van der Waals surface area contributed by atoms with Gasteiger partial charge in [-0.1, -0.05) is 0 Å². The van der Waals surface area contributed by atoms with Gasteiger partial charge in [0.1, 0.15) is 11.9 Å². The number of nitrogens with two attached hydrogens (primary N) is 1. The number of rotatable bonds is 3. The van der Waals surface area contributed by atoms with E-state index in [1.165, 1.54) is 6.92 Å². The van der Waals surface area contributed by atoms with E-state index in [4.69, 9.17) is 15.2 Å². The van der Waals surface area contributed by atoms with Gasteiger partial charge in [-0.05, 0) is 19.1 Å². The molecule has 3 rings (SSSR count). The van der Waals surface area contributed by atoms with Gasteiger partial charge in [-0.25, -0.2) is 0 Å². The first-order valence-electron chi connectivity index (χ1n) is 7.78. The molecule has 7 nitrogen and oxygen atoms in total. The van der Waals surface area contributed by atoms with E-state index in [-0.39, 0.29) is 18.1 Å². The van der Waals surface area contributed by atoms with E-state index in [0.717, 1.165) is 5.69 Å². The van der Waals surface area contributed by atoms with Crippen LogP contribution in [0.5, 0.6) is 5.75 Å². The van der Waals surface area contributed by atoms with Gasteiger partial charge in [0, 0.05) is 37.9 Å². The van der Waals surface area contributed by atoms with Gasteiger partial charge in [0.2, 0.25) is 0 Å². The number of ether oxygens (including phenoxy) is 2. The molecule has 2 saturated heterocycles. The first-order chi connectivity index (χ1) is 11.0. The molecule has 23 heavy (non-hydrogen) atoms. The maximum absolute atomic E-state index is 12.0. The minimum absolute atomic E-state index is 0.0613. The maximum Gasteiger partial charge on any atom is 0.251 e. The quantitative estimate of drug-likeness (QED) is 0.766. The van der Waals surface area contributed by atoms with E-state index in [2.05, 4.69) is 4.90 Å². The first kappa shape index (κ1) is 15.9. The monoisotopic (exact) mass is 321 g/mol. The van der Waals surface area contributed by atoms with E-state index in [9.17, 15) is 9.90 Å². The second kappa shape index (κ2) is 6.25. The van der Waals surface area contributed by atoms with Crippen molar-refractivity contribution in [2.45, 2.75) is 25.2 Å². The Hall–Kier alpha value is -1.99. The Bertz CT molecular complexity index is 579. The smallest absolute Gasteiger partial charge is 0.251 e. The number of aliphatic hydroxyl groups excluding tert-OH is 1. The zero-order chi connectivity index (χ0) is 16.6. The molecular weight excluding hydrogens is 298 g/mol. The Morgan fingerprint density at radius 2 is 2.00 bits per heavy atom. The highest BCUT2D eigenvalue weighted by Crippen LogP contribution is 2.30. The van der Waals surface area contributed by atoms with Crippen molar-refractivity contribution in [1.82, 2.24) is 4.90 Å². The second-order valence-corrected chi connectivity index (χ2v) is 6.13. The lowest BCUT2D eigenvalue weighted by molar-refractivity contribution is -0.154. The molecule has 2 aliphatic rings. The number of carbonyl (C=O) groups excluding carboxylic acids is 1. The number of hydrogen-bond acceptors (Lipinski definition) is 6. The summed E-state index contributed by atoms with van der Waals surface area (Å²) < 4.78 is 11.2. The van der Waals surface area contributed by atoms with Crippen LogP contribution >= 0.6 is 0 Å². The maximum atomic E-state index is 12.0. The van der Waals surface area contributed by atoms with Gasteiger partial charge in [-0.15, -0.1) is 0 Å². The minimum Gasteiger partial charge on any atom is -0.495 e. The fraction of sp³-hybridized carbons (Fsp3) is 0.562. The Balaban J connectivity index is 1.72. The summed E-state index contributed by atoms with van der Waals surface area (Å²) in [6, 6.07) is 5.73. The largest absolute Gasteiger partial charge is 0.495 e. The fourth-order valence-corrected chi connectivity index (χ4v) is 3.24. The summed E-state index contributed by atoms with van der Waals surface area (Å²) in [7, 11) is 1.60. The molecule has 2 heterocycles. The minimum atomic E-state index is -0.966. The van der Waals surface area contributed by atoms with E-state index in [0.29, 0.717) is 37.6 Å². The van der Waals surface area contributed by atoms with Crippen LogP contribution in [-0.2, 0) is 9.53 Å². The molecule has 2 fully saturated rings. The average Bonchev–Trinajstić information content (AvgIpc) is 2.53. The number of carbonyl (C=O) groups is 1. The van der Waals surface area contributed by atoms with Crippen LogP contribution in [-0.4, -0.2) is 67.5 Å².